The summed E-state index contributed by atoms with van der Waals surface area (Å²) in [7, 11) is 4.06. The first kappa shape index (κ1) is 13.4. The Kier molecular flexibility index (Phi) is 4.84. The van der Waals surface area contributed by atoms with Crippen molar-refractivity contribution in [3.8, 4) is 0 Å². The van der Waals surface area contributed by atoms with Gasteiger partial charge in [0.25, 0.3) is 0 Å². The van der Waals surface area contributed by atoms with Crippen LogP contribution >= 0.6 is 0 Å². The number of nitro groups is 1. The fourth-order valence-electron chi connectivity index (χ4n) is 1.39. The van der Waals surface area contributed by atoms with Crippen LogP contribution in [0.5, 0.6) is 0 Å². The van der Waals surface area contributed by atoms with Crippen LogP contribution in [0.3, 0.4) is 0 Å². The van der Waals surface area contributed by atoms with E-state index in [1.54, 1.807) is 6.07 Å². The minimum absolute atomic E-state index is 0.128. The number of nitrogens with one attached hydrogen (secondary N) is 1. The topological polar surface area (TPSA) is 71.3 Å². The van der Waals surface area contributed by atoms with Gasteiger partial charge in [-0.1, -0.05) is 0 Å². The van der Waals surface area contributed by atoms with Crippen molar-refractivity contribution >= 4 is 11.5 Å². The van der Waals surface area contributed by atoms with Crippen LogP contribution in [-0.4, -0.2) is 41.5 Å². The molecule has 0 spiro atoms. The molecule has 0 fully saturated rings. The fourth-order valence-corrected chi connectivity index (χ4v) is 1.39. The van der Waals surface area contributed by atoms with Crippen LogP contribution in [0.1, 0.15) is 13.3 Å². The average molecular weight is 238 g/mol. The first-order valence-corrected chi connectivity index (χ1v) is 5.50. The van der Waals surface area contributed by atoms with E-state index in [2.05, 4.69) is 22.1 Å². The number of nitrogens with zero attached hydrogens (tertiary/aromatic N) is 3. The summed E-state index contributed by atoms with van der Waals surface area (Å²) in [5.74, 6) is -0.128. The Hall–Kier alpha value is -1.69. The second-order valence-corrected chi connectivity index (χ2v) is 4.30. The molecule has 94 valence electrons. The molecule has 0 aliphatic heterocycles. The number of anilines is 1. The summed E-state index contributed by atoms with van der Waals surface area (Å²) in [6, 6.07) is 3.39. The van der Waals surface area contributed by atoms with Crippen molar-refractivity contribution < 1.29 is 4.92 Å². The summed E-state index contributed by atoms with van der Waals surface area (Å²) < 4.78 is 0. The van der Waals surface area contributed by atoms with Crippen molar-refractivity contribution in [2.45, 2.75) is 19.4 Å². The minimum Gasteiger partial charge on any atom is -0.379 e. The molecule has 1 aromatic rings. The average Bonchev–Trinajstić information content (AvgIpc) is 2.27. The second kappa shape index (κ2) is 6.15. The third kappa shape index (κ3) is 4.78. The highest BCUT2D eigenvalue weighted by atomic mass is 16.6. The van der Waals surface area contributed by atoms with Gasteiger partial charge in [0.1, 0.15) is 0 Å². The second-order valence-electron chi connectivity index (χ2n) is 4.30. The van der Waals surface area contributed by atoms with Crippen molar-refractivity contribution in [1.82, 2.24) is 9.88 Å². The summed E-state index contributed by atoms with van der Waals surface area (Å²) >= 11 is 0. The van der Waals surface area contributed by atoms with Crippen molar-refractivity contribution in [1.29, 1.82) is 0 Å². The van der Waals surface area contributed by atoms with E-state index >= 15 is 0 Å². The maximum atomic E-state index is 10.4. The largest absolute Gasteiger partial charge is 0.379 e. The third-order valence-electron chi connectivity index (χ3n) is 2.36. The molecule has 17 heavy (non-hydrogen) atoms. The Morgan fingerprint density at radius 2 is 2.24 bits per heavy atom. The van der Waals surface area contributed by atoms with Gasteiger partial charge >= 0.3 is 5.82 Å². The summed E-state index contributed by atoms with van der Waals surface area (Å²) in [6.07, 6.45) is 2.49. The van der Waals surface area contributed by atoms with Gasteiger partial charge in [0.05, 0.1) is 5.69 Å². The van der Waals surface area contributed by atoms with E-state index in [4.69, 9.17) is 0 Å². The summed E-state index contributed by atoms with van der Waals surface area (Å²) in [5, 5.41) is 13.7. The SMILES string of the molecule is CC(CCN(C)C)Nc1ccc([N+](=O)[O-])nc1. The van der Waals surface area contributed by atoms with Gasteiger partial charge in [-0.3, -0.25) is 0 Å². The monoisotopic (exact) mass is 238 g/mol. The number of hydrogen-bond acceptors (Lipinski definition) is 5. The van der Waals surface area contributed by atoms with Gasteiger partial charge in [-0.15, -0.1) is 0 Å². The maximum Gasteiger partial charge on any atom is 0.363 e. The first-order valence-electron chi connectivity index (χ1n) is 5.50. The van der Waals surface area contributed by atoms with Crippen LogP contribution in [0.15, 0.2) is 18.3 Å². The van der Waals surface area contributed by atoms with Gasteiger partial charge in [-0.25, -0.2) is 0 Å². The summed E-state index contributed by atoms with van der Waals surface area (Å²) in [5.41, 5.74) is 0.807. The number of rotatable bonds is 6. The molecule has 0 saturated heterocycles. The van der Waals surface area contributed by atoms with E-state index in [0.717, 1.165) is 18.7 Å². The standard InChI is InChI=1S/C11H18N4O2/c1-9(6-7-14(2)3)13-10-4-5-11(12-8-10)15(16)17/h4-5,8-9,13H,6-7H2,1-3H3. The highest BCUT2D eigenvalue weighted by Gasteiger charge is 2.08. The Labute approximate surface area is 101 Å². The molecule has 0 amide bonds. The maximum absolute atomic E-state index is 10.4. The highest BCUT2D eigenvalue weighted by Crippen LogP contribution is 2.13. The van der Waals surface area contributed by atoms with E-state index < -0.39 is 4.92 Å². The zero-order chi connectivity index (χ0) is 12.8. The molecule has 0 aliphatic rings. The van der Waals surface area contributed by atoms with Crippen LogP contribution < -0.4 is 5.32 Å². The van der Waals surface area contributed by atoms with Crippen LogP contribution in [0.25, 0.3) is 0 Å². The number of pyridine rings is 1. The van der Waals surface area contributed by atoms with Crippen LogP contribution in [0.4, 0.5) is 11.5 Å². The normalized spacial score (nSPS) is 12.5. The highest BCUT2D eigenvalue weighted by molar-refractivity contribution is 5.44. The Bertz CT molecular complexity index is 364. The van der Waals surface area contributed by atoms with Gasteiger partial charge in [0, 0.05) is 12.1 Å². The van der Waals surface area contributed by atoms with Crippen molar-refractivity contribution in [2.75, 3.05) is 26.0 Å². The van der Waals surface area contributed by atoms with Crippen molar-refractivity contribution in [3.63, 3.8) is 0 Å². The quantitative estimate of drug-likeness (QED) is 0.603. The number of hydrogen-bond donors (Lipinski definition) is 1. The Morgan fingerprint density at radius 3 is 2.71 bits per heavy atom. The lowest BCUT2D eigenvalue weighted by atomic mass is 10.2. The predicted molar refractivity (Wildman–Crippen MR) is 67.1 cm³/mol. The lowest BCUT2D eigenvalue weighted by molar-refractivity contribution is -0.389. The van der Waals surface area contributed by atoms with Gasteiger partial charge in [0.2, 0.25) is 0 Å². The smallest absolute Gasteiger partial charge is 0.363 e. The molecule has 1 heterocycles. The van der Waals surface area contributed by atoms with Crippen molar-refractivity contribution in [3.05, 3.63) is 28.4 Å². The Morgan fingerprint density at radius 1 is 1.53 bits per heavy atom. The molecule has 1 rings (SSSR count). The Balaban J connectivity index is 2.48. The molecule has 6 heteroatoms. The minimum atomic E-state index is -0.501. The van der Waals surface area contributed by atoms with E-state index in [1.165, 1.54) is 12.3 Å². The molecule has 1 aromatic heterocycles. The van der Waals surface area contributed by atoms with E-state index in [-0.39, 0.29) is 5.82 Å². The van der Waals surface area contributed by atoms with Crippen LogP contribution in [-0.2, 0) is 0 Å². The lowest BCUT2D eigenvalue weighted by Crippen LogP contribution is -2.23. The zero-order valence-corrected chi connectivity index (χ0v) is 10.4. The molecule has 0 saturated carbocycles. The van der Waals surface area contributed by atoms with Crippen molar-refractivity contribution in [2.24, 2.45) is 0 Å². The predicted octanol–water partition coefficient (Wildman–Crippen LogP) is 1.74. The van der Waals surface area contributed by atoms with Crippen LogP contribution in [0, 0.1) is 10.1 Å². The number of aromatic nitrogens is 1. The van der Waals surface area contributed by atoms with Gasteiger partial charge < -0.3 is 20.3 Å². The third-order valence-corrected chi connectivity index (χ3v) is 2.36. The van der Waals surface area contributed by atoms with Gasteiger partial charge in [-0.05, 0) is 50.0 Å². The van der Waals surface area contributed by atoms with Crippen LogP contribution in [0.2, 0.25) is 0 Å². The molecular weight excluding hydrogens is 220 g/mol. The molecule has 1 atom stereocenters. The van der Waals surface area contributed by atoms with E-state index in [1.807, 2.05) is 14.1 Å². The molecule has 0 aromatic carbocycles. The molecule has 1 N–H and O–H groups in total. The lowest BCUT2D eigenvalue weighted by Gasteiger charge is -2.16. The molecule has 0 radical (unpaired) electrons. The molecular formula is C11H18N4O2. The molecule has 6 nitrogen and oxygen atoms in total. The van der Waals surface area contributed by atoms with E-state index in [0.29, 0.717) is 6.04 Å². The zero-order valence-electron chi connectivity index (χ0n) is 10.4. The summed E-state index contributed by atoms with van der Waals surface area (Å²) in [6.45, 7) is 3.07. The molecule has 0 bridgehead atoms. The fraction of sp³-hybridized carbons (Fsp3) is 0.545. The van der Waals surface area contributed by atoms with E-state index in [9.17, 15) is 10.1 Å². The first-order chi connectivity index (χ1) is 7.99. The molecule has 0 aliphatic carbocycles. The van der Waals surface area contributed by atoms with Gasteiger partial charge in [-0.2, -0.15) is 0 Å². The summed E-state index contributed by atoms with van der Waals surface area (Å²) in [4.78, 5) is 15.8. The molecule has 1 unspecified atom stereocenters. The van der Waals surface area contributed by atoms with Gasteiger partial charge in [0.15, 0.2) is 6.20 Å².